The van der Waals surface area contributed by atoms with Gasteiger partial charge in [-0.15, -0.1) is 0 Å². The minimum Gasteiger partial charge on any atom is -0.365 e. The molecule has 0 rings (SSSR count). The second-order valence-electron chi connectivity index (χ2n) is 2.76. The quantitative estimate of drug-likeness (QED) is 0.498. The Kier molecular flexibility index (Phi) is 1.85. The van der Waals surface area contributed by atoms with Crippen LogP contribution in [0.25, 0.3) is 0 Å². The highest BCUT2D eigenvalue weighted by atomic mass is 16.5. The van der Waals surface area contributed by atoms with Crippen molar-refractivity contribution in [3.63, 3.8) is 0 Å². The first-order chi connectivity index (χ1) is 3.81. The fourth-order valence-electron chi connectivity index (χ4n) is 0.106. The molecule has 0 saturated heterocycles. The van der Waals surface area contributed by atoms with Crippen molar-refractivity contribution in [2.75, 3.05) is 0 Å². The summed E-state index contributed by atoms with van der Waals surface area (Å²) in [6.45, 7) is 4.12. The maximum Gasteiger partial charge on any atom is 0.178 e. The van der Waals surface area contributed by atoms with Crippen molar-refractivity contribution < 1.29 is 10.2 Å². The molecule has 0 saturated carbocycles. The van der Waals surface area contributed by atoms with Gasteiger partial charge in [0.05, 0.1) is 6.07 Å². The van der Waals surface area contributed by atoms with Crippen LogP contribution in [0.4, 0.5) is 0 Å². The Labute approximate surface area is 54.5 Å². The number of hydrogen-bond donors (Lipinski definition) is 2. The van der Waals surface area contributed by atoms with Crippen LogP contribution >= 0.6 is 0 Å². The van der Waals surface area contributed by atoms with E-state index in [0.29, 0.717) is 0 Å². The zero-order valence-corrected chi connectivity index (χ0v) is 5.84. The second-order valence-corrected chi connectivity index (χ2v) is 2.76. The predicted molar refractivity (Wildman–Crippen MR) is 32.2 cm³/mol. The number of rotatable bonds is 1. The van der Waals surface area contributed by atoms with E-state index in [1.54, 1.807) is 6.07 Å². The molecule has 0 fully saturated rings. The van der Waals surface area contributed by atoms with E-state index < -0.39 is 11.2 Å². The van der Waals surface area contributed by atoms with Gasteiger partial charge < -0.3 is 10.2 Å². The molecule has 0 aromatic rings. The molecular weight excluding hydrogens is 118 g/mol. The van der Waals surface area contributed by atoms with Crippen LogP contribution in [0.5, 0.6) is 0 Å². The van der Waals surface area contributed by atoms with Crippen molar-refractivity contribution in [2.24, 2.45) is 5.41 Å². The van der Waals surface area contributed by atoms with Crippen molar-refractivity contribution >= 4 is 0 Å². The van der Waals surface area contributed by atoms with E-state index in [2.05, 4.69) is 0 Å². The first kappa shape index (κ1) is 8.41. The maximum absolute atomic E-state index is 8.88. The van der Waals surface area contributed by atoms with Gasteiger partial charge in [0.25, 0.3) is 0 Å². The van der Waals surface area contributed by atoms with Crippen molar-refractivity contribution in [1.29, 1.82) is 5.26 Å². The molecule has 3 heteroatoms. The van der Waals surface area contributed by atoms with Gasteiger partial charge in [0.1, 0.15) is 5.41 Å². The average Bonchev–Trinajstić information content (AvgIpc) is 1.64. The van der Waals surface area contributed by atoms with Crippen molar-refractivity contribution in [2.45, 2.75) is 26.6 Å². The zero-order valence-electron chi connectivity index (χ0n) is 5.84. The molecule has 0 amide bonds. The van der Waals surface area contributed by atoms with Crippen LogP contribution in [0.15, 0.2) is 0 Å². The van der Waals surface area contributed by atoms with Crippen LogP contribution in [0, 0.1) is 16.7 Å². The Hall–Kier alpha value is -0.590. The number of hydrogen-bond acceptors (Lipinski definition) is 3. The molecule has 9 heavy (non-hydrogen) atoms. The average molecular weight is 129 g/mol. The van der Waals surface area contributed by atoms with Crippen LogP contribution in [0.2, 0.25) is 0 Å². The third kappa shape index (κ3) is 1.67. The molecule has 0 aliphatic carbocycles. The molecule has 0 radical (unpaired) electrons. The van der Waals surface area contributed by atoms with Gasteiger partial charge in [0.2, 0.25) is 0 Å². The standard InChI is InChI=1S/C6H11NO2/c1-5(2,4-7)6(3,8)9/h8-9H,1-3H3. The van der Waals surface area contributed by atoms with Crippen molar-refractivity contribution in [3.05, 3.63) is 0 Å². The zero-order chi connectivity index (χ0) is 7.71. The highest BCUT2D eigenvalue weighted by Gasteiger charge is 2.37. The predicted octanol–water partition coefficient (Wildman–Crippen LogP) is 0.237. The molecule has 0 unspecified atom stereocenters. The first-order valence-electron chi connectivity index (χ1n) is 2.67. The Morgan fingerprint density at radius 2 is 1.56 bits per heavy atom. The molecule has 52 valence electrons. The molecule has 0 atom stereocenters. The third-order valence-electron chi connectivity index (χ3n) is 1.46. The molecule has 0 aliphatic heterocycles. The Bertz CT molecular complexity index is 138. The SMILES string of the molecule is CC(O)(O)C(C)(C)C#N. The van der Waals surface area contributed by atoms with Crippen LogP contribution < -0.4 is 0 Å². The third-order valence-corrected chi connectivity index (χ3v) is 1.46. The summed E-state index contributed by atoms with van der Waals surface area (Å²) in [5, 5.41) is 26.1. The van der Waals surface area contributed by atoms with Gasteiger partial charge in [-0.25, -0.2) is 0 Å². The monoisotopic (exact) mass is 129 g/mol. The van der Waals surface area contributed by atoms with E-state index in [-0.39, 0.29) is 0 Å². The smallest absolute Gasteiger partial charge is 0.178 e. The second kappa shape index (κ2) is 1.98. The molecule has 0 heterocycles. The lowest BCUT2D eigenvalue weighted by atomic mass is 9.86. The Balaban J connectivity index is 4.39. The van der Waals surface area contributed by atoms with Crippen molar-refractivity contribution in [3.8, 4) is 6.07 Å². The molecule has 3 nitrogen and oxygen atoms in total. The van der Waals surface area contributed by atoms with Crippen LogP contribution in [-0.2, 0) is 0 Å². The summed E-state index contributed by atoms with van der Waals surface area (Å²) in [5.74, 6) is -1.91. The van der Waals surface area contributed by atoms with Crippen LogP contribution in [0.3, 0.4) is 0 Å². The first-order valence-corrected chi connectivity index (χ1v) is 2.67. The fraction of sp³-hybridized carbons (Fsp3) is 0.833. The van der Waals surface area contributed by atoms with Crippen LogP contribution in [0.1, 0.15) is 20.8 Å². The lowest BCUT2D eigenvalue weighted by Gasteiger charge is -2.28. The number of aliphatic hydroxyl groups is 2. The van der Waals surface area contributed by atoms with Crippen LogP contribution in [-0.4, -0.2) is 16.0 Å². The minimum atomic E-state index is -1.91. The molecule has 0 aromatic heterocycles. The Morgan fingerprint density at radius 3 is 1.56 bits per heavy atom. The summed E-state index contributed by atoms with van der Waals surface area (Å²) in [6, 6.07) is 1.78. The summed E-state index contributed by atoms with van der Waals surface area (Å²) in [7, 11) is 0. The van der Waals surface area contributed by atoms with E-state index in [1.165, 1.54) is 20.8 Å². The fourth-order valence-corrected chi connectivity index (χ4v) is 0.106. The summed E-state index contributed by atoms with van der Waals surface area (Å²) < 4.78 is 0. The number of nitriles is 1. The van der Waals surface area contributed by atoms with E-state index in [1.807, 2.05) is 0 Å². The summed E-state index contributed by atoms with van der Waals surface area (Å²) in [6.07, 6.45) is 0. The summed E-state index contributed by atoms with van der Waals surface area (Å²) in [4.78, 5) is 0. The van der Waals surface area contributed by atoms with E-state index in [9.17, 15) is 0 Å². The molecule has 0 spiro atoms. The minimum absolute atomic E-state index is 1.10. The summed E-state index contributed by atoms with van der Waals surface area (Å²) in [5.41, 5.74) is -1.10. The van der Waals surface area contributed by atoms with Gasteiger partial charge in [0.15, 0.2) is 5.79 Å². The van der Waals surface area contributed by atoms with E-state index in [0.717, 1.165) is 0 Å². The Morgan fingerprint density at radius 1 is 1.22 bits per heavy atom. The molecule has 0 aromatic carbocycles. The maximum atomic E-state index is 8.88. The highest BCUT2D eigenvalue weighted by molar-refractivity contribution is 4.98. The van der Waals surface area contributed by atoms with Gasteiger partial charge in [-0.1, -0.05) is 0 Å². The van der Waals surface area contributed by atoms with Gasteiger partial charge in [-0.3, -0.25) is 0 Å². The van der Waals surface area contributed by atoms with Gasteiger partial charge in [0, 0.05) is 0 Å². The van der Waals surface area contributed by atoms with Gasteiger partial charge in [-0.05, 0) is 20.8 Å². The van der Waals surface area contributed by atoms with E-state index >= 15 is 0 Å². The molecule has 0 bridgehead atoms. The molecule has 2 N–H and O–H groups in total. The molecular formula is C6H11NO2. The normalized spacial score (nSPS) is 12.9. The van der Waals surface area contributed by atoms with E-state index in [4.69, 9.17) is 15.5 Å². The lowest BCUT2D eigenvalue weighted by molar-refractivity contribution is -0.199. The molecule has 0 aliphatic rings. The van der Waals surface area contributed by atoms with Gasteiger partial charge >= 0.3 is 0 Å². The van der Waals surface area contributed by atoms with Gasteiger partial charge in [-0.2, -0.15) is 5.26 Å². The highest BCUT2D eigenvalue weighted by Crippen LogP contribution is 2.26. The lowest BCUT2D eigenvalue weighted by Crippen LogP contribution is -2.40. The number of nitrogens with zero attached hydrogens (tertiary/aromatic N) is 1. The largest absolute Gasteiger partial charge is 0.365 e. The van der Waals surface area contributed by atoms with Crippen molar-refractivity contribution in [1.82, 2.24) is 0 Å². The topological polar surface area (TPSA) is 64.2 Å². The summed E-state index contributed by atoms with van der Waals surface area (Å²) >= 11 is 0.